The van der Waals surface area contributed by atoms with Crippen LogP contribution in [0.1, 0.15) is 6.42 Å². The van der Waals surface area contributed by atoms with Gasteiger partial charge in [0.1, 0.15) is 0 Å². The summed E-state index contributed by atoms with van der Waals surface area (Å²) < 4.78 is 47.1. The molecule has 11 heteroatoms. The molecule has 0 atom stereocenters. The molecule has 0 bridgehead atoms. The van der Waals surface area contributed by atoms with Gasteiger partial charge in [-0.05, 0) is 18.6 Å². The van der Waals surface area contributed by atoms with Crippen molar-refractivity contribution < 1.29 is 21.8 Å². The van der Waals surface area contributed by atoms with Gasteiger partial charge in [-0.1, -0.05) is 0 Å². The standard InChI is InChI=1S/C9H13N3O6S2/c10-19(15,16)7-1-6-11-20(17,18)9-4-2-8(3-5-9)12(13)14/h2-5,11H,1,6-7H2,(H2,10,15,16). The van der Waals surface area contributed by atoms with Gasteiger partial charge in [0.25, 0.3) is 5.69 Å². The van der Waals surface area contributed by atoms with Crippen LogP contribution in [0.25, 0.3) is 0 Å². The average Bonchev–Trinajstić information content (AvgIpc) is 2.34. The normalized spacial score (nSPS) is 12.2. The number of nitro groups is 1. The van der Waals surface area contributed by atoms with Gasteiger partial charge in [0.15, 0.2) is 0 Å². The summed E-state index contributed by atoms with van der Waals surface area (Å²) in [6.45, 7) is -0.101. The zero-order chi connectivity index (χ0) is 15.4. The fourth-order valence-corrected chi connectivity index (χ4v) is 2.93. The molecule has 0 aliphatic carbocycles. The van der Waals surface area contributed by atoms with Gasteiger partial charge in [-0.3, -0.25) is 10.1 Å². The third-order valence-electron chi connectivity index (χ3n) is 2.26. The maximum absolute atomic E-state index is 11.8. The van der Waals surface area contributed by atoms with E-state index in [2.05, 4.69) is 4.72 Å². The SMILES string of the molecule is NS(=O)(=O)CCCNS(=O)(=O)c1ccc([N+](=O)[O-])cc1. The van der Waals surface area contributed by atoms with Crippen LogP contribution < -0.4 is 9.86 Å². The smallest absolute Gasteiger partial charge is 0.258 e. The summed E-state index contributed by atoms with van der Waals surface area (Å²) in [5.41, 5.74) is -0.224. The molecule has 0 saturated carbocycles. The van der Waals surface area contributed by atoms with E-state index in [0.29, 0.717) is 0 Å². The Morgan fingerprint density at radius 1 is 1.15 bits per heavy atom. The molecule has 1 rings (SSSR count). The number of nitrogens with one attached hydrogen (secondary N) is 1. The molecule has 0 saturated heterocycles. The molecular formula is C9H13N3O6S2. The third-order valence-corrected chi connectivity index (χ3v) is 4.59. The molecule has 1 aromatic rings. The zero-order valence-electron chi connectivity index (χ0n) is 10.2. The first-order valence-corrected chi connectivity index (χ1v) is 8.56. The van der Waals surface area contributed by atoms with Crippen LogP contribution in [0.15, 0.2) is 29.2 Å². The highest BCUT2D eigenvalue weighted by atomic mass is 32.2. The number of rotatable bonds is 7. The molecule has 0 unspecified atom stereocenters. The number of sulfonamides is 2. The molecule has 0 aliphatic rings. The quantitative estimate of drug-likeness (QED) is 0.394. The van der Waals surface area contributed by atoms with Crippen molar-refractivity contribution in [3.63, 3.8) is 0 Å². The van der Waals surface area contributed by atoms with Crippen molar-refractivity contribution in [2.45, 2.75) is 11.3 Å². The molecular weight excluding hydrogens is 310 g/mol. The van der Waals surface area contributed by atoms with Crippen molar-refractivity contribution in [2.24, 2.45) is 5.14 Å². The summed E-state index contributed by atoms with van der Waals surface area (Å²) in [6, 6.07) is 4.33. The van der Waals surface area contributed by atoms with Gasteiger partial charge < -0.3 is 0 Å². The molecule has 0 fully saturated rings. The Labute approximate surface area is 116 Å². The van der Waals surface area contributed by atoms with Crippen molar-refractivity contribution >= 4 is 25.7 Å². The molecule has 0 aliphatic heterocycles. The summed E-state index contributed by atoms with van der Waals surface area (Å²) >= 11 is 0. The van der Waals surface area contributed by atoms with Crippen molar-refractivity contribution in [1.82, 2.24) is 4.72 Å². The van der Waals surface area contributed by atoms with Gasteiger partial charge in [0, 0.05) is 18.7 Å². The Kier molecular flexibility index (Phi) is 5.16. The summed E-state index contributed by atoms with van der Waals surface area (Å²) in [5.74, 6) is -0.338. The number of hydrogen-bond donors (Lipinski definition) is 2. The van der Waals surface area contributed by atoms with Crippen LogP contribution in [0.3, 0.4) is 0 Å². The maximum atomic E-state index is 11.8. The van der Waals surface area contributed by atoms with Crippen molar-refractivity contribution in [3.8, 4) is 0 Å². The molecule has 112 valence electrons. The minimum atomic E-state index is -3.83. The minimum absolute atomic E-state index is 0.0328. The number of nitrogens with zero attached hydrogens (tertiary/aromatic N) is 1. The lowest BCUT2D eigenvalue weighted by Gasteiger charge is -2.06. The second-order valence-corrected chi connectivity index (χ2v) is 7.37. The summed E-state index contributed by atoms with van der Waals surface area (Å²) in [7, 11) is -7.46. The lowest BCUT2D eigenvalue weighted by molar-refractivity contribution is -0.384. The zero-order valence-corrected chi connectivity index (χ0v) is 11.9. The molecule has 0 heterocycles. The van der Waals surface area contributed by atoms with Gasteiger partial charge in [-0.2, -0.15) is 0 Å². The number of hydrogen-bond acceptors (Lipinski definition) is 6. The van der Waals surface area contributed by atoms with Gasteiger partial charge in [0.05, 0.1) is 15.6 Å². The predicted molar refractivity (Wildman–Crippen MR) is 70.9 cm³/mol. The highest BCUT2D eigenvalue weighted by molar-refractivity contribution is 7.89. The van der Waals surface area contributed by atoms with Crippen LogP contribution in [0.2, 0.25) is 0 Å². The average molecular weight is 323 g/mol. The Morgan fingerprint density at radius 3 is 2.15 bits per heavy atom. The molecule has 0 spiro atoms. The number of non-ortho nitro benzene ring substituents is 1. The lowest BCUT2D eigenvalue weighted by Crippen LogP contribution is -2.27. The van der Waals surface area contributed by atoms with Gasteiger partial charge in [-0.25, -0.2) is 26.7 Å². The van der Waals surface area contributed by atoms with Crippen molar-refractivity contribution in [3.05, 3.63) is 34.4 Å². The fraction of sp³-hybridized carbons (Fsp3) is 0.333. The number of nitrogens with two attached hydrogens (primary N) is 1. The molecule has 0 amide bonds. The van der Waals surface area contributed by atoms with E-state index in [1.807, 2.05) is 0 Å². The largest absolute Gasteiger partial charge is 0.269 e. The van der Waals surface area contributed by atoms with E-state index in [4.69, 9.17) is 5.14 Å². The van der Waals surface area contributed by atoms with E-state index >= 15 is 0 Å². The van der Waals surface area contributed by atoms with Crippen LogP contribution in [0.4, 0.5) is 5.69 Å². The molecule has 0 aromatic heterocycles. The number of benzene rings is 1. The molecule has 0 radical (unpaired) electrons. The summed E-state index contributed by atoms with van der Waals surface area (Å²) in [6.07, 6.45) is 0.0328. The van der Waals surface area contributed by atoms with E-state index in [0.717, 1.165) is 24.3 Å². The van der Waals surface area contributed by atoms with Crippen molar-refractivity contribution in [2.75, 3.05) is 12.3 Å². The van der Waals surface area contributed by atoms with E-state index in [9.17, 15) is 26.9 Å². The second kappa shape index (κ2) is 6.26. The second-order valence-electron chi connectivity index (χ2n) is 3.87. The van der Waals surface area contributed by atoms with Gasteiger partial charge in [0.2, 0.25) is 20.0 Å². The minimum Gasteiger partial charge on any atom is -0.258 e. The monoisotopic (exact) mass is 323 g/mol. The van der Waals surface area contributed by atoms with Crippen LogP contribution >= 0.6 is 0 Å². The molecule has 3 N–H and O–H groups in total. The number of primary sulfonamides is 1. The van der Waals surface area contributed by atoms with E-state index < -0.39 is 25.0 Å². The van der Waals surface area contributed by atoms with E-state index in [1.165, 1.54) is 0 Å². The fourth-order valence-electron chi connectivity index (χ4n) is 1.31. The predicted octanol–water partition coefficient (Wildman–Crippen LogP) is -0.448. The van der Waals surface area contributed by atoms with Crippen LogP contribution in [0.5, 0.6) is 0 Å². The Balaban J connectivity index is 2.67. The number of nitro benzene ring substituents is 1. The van der Waals surface area contributed by atoms with Crippen LogP contribution in [-0.2, 0) is 20.0 Å². The van der Waals surface area contributed by atoms with E-state index in [-0.39, 0.29) is 29.3 Å². The molecule has 9 nitrogen and oxygen atoms in total. The lowest BCUT2D eigenvalue weighted by atomic mass is 10.3. The summed E-state index contributed by atoms with van der Waals surface area (Å²) in [5, 5.41) is 15.2. The highest BCUT2D eigenvalue weighted by Gasteiger charge is 2.15. The van der Waals surface area contributed by atoms with Crippen LogP contribution in [-0.4, -0.2) is 34.1 Å². The first kappa shape index (κ1) is 16.5. The van der Waals surface area contributed by atoms with Gasteiger partial charge >= 0.3 is 0 Å². The molecule has 1 aromatic carbocycles. The van der Waals surface area contributed by atoms with E-state index in [1.54, 1.807) is 0 Å². The van der Waals surface area contributed by atoms with Gasteiger partial charge in [-0.15, -0.1) is 0 Å². The first-order chi connectivity index (χ1) is 9.12. The third kappa shape index (κ3) is 5.21. The first-order valence-electron chi connectivity index (χ1n) is 5.36. The Hall–Kier alpha value is -1.56. The van der Waals surface area contributed by atoms with Crippen LogP contribution in [0, 0.1) is 10.1 Å². The Morgan fingerprint density at radius 2 is 1.70 bits per heavy atom. The molecule has 20 heavy (non-hydrogen) atoms. The highest BCUT2D eigenvalue weighted by Crippen LogP contribution is 2.15. The summed E-state index contributed by atoms with van der Waals surface area (Å²) in [4.78, 5) is 9.66. The maximum Gasteiger partial charge on any atom is 0.269 e. The Bertz CT molecular complexity index is 681. The topological polar surface area (TPSA) is 149 Å². The van der Waals surface area contributed by atoms with Crippen molar-refractivity contribution in [1.29, 1.82) is 0 Å².